The maximum atomic E-state index is 11.4. The van der Waals surface area contributed by atoms with Gasteiger partial charge < -0.3 is 5.32 Å². The lowest BCUT2D eigenvalue weighted by Gasteiger charge is -2.05. The van der Waals surface area contributed by atoms with Gasteiger partial charge in [0.25, 0.3) is 0 Å². The van der Waals surface area contributed by atoms with Gasteiger partial charge in [0.2, 0.25) is 5.91 Å². The molecule has 0 saturated heterocycles. The molecule has 1 aromatic carbocycles. The topological polar surface area (TPSA) is 29.1 Å². The molecule has 0 atom stereocenters. The van der Waals surface area contributed by atoms with Gasteiger partial charge in [0.1, 0.15) is 0 Å². The van der Waals surface area contributed by atoms with Gasteiger partial charge in [0, 0.05) is 18.0 Å². The second-order valence-electron chi connectivity index (χ2n) is 4.18. The third-order valence-corrected chi connectivity index (χ3v) is 2.91. The van der Waals surface area contributed by atoms with Gasteiger partial charge in [-0.25, -0.2) is 0 Å². The Hall–Kier alpha value is -1.02. The van der Waals surface area contributed by atoms with E-state index >= 15 is 0 Å². The molecular formula is C14H20ClNO. The van der Waals surface area contributed by atoms with E-state index in [-0.39, 0.29) is 5.91 Å². The summed E-state index contributed by atoms with van der Waals surface area (Å²) in [6.45, 7) is 2.84. The van der Waals surface area contributed by atoms with E-state index in [2.05, 4.69) is 12.2 Å². The highest BCUT2D eigenvalue weighted by molar-refractivity contribution is 6.30. The number of carbonyl (C=O) groups excluding carboxylic acids is 1. The van der Waals surface area contributed by atoms with E-state index in [9.17, 15) is 4.79 Å². The molecule has 1 amide bonds. The molecule has 3 heteroatoms. The standard InChI is InChI=1S/C14H20ClNO/c1-2-3-4-5-14(17)16-11-10-12-6-8-13(15)9-7-12/h6-9H,2-5,10-11H2,1H3,(H,16,17). The Morgan fingerprint density at radius 3 is 2.59 bits per heavy atom. The molecule has 94 valence electrons. The summed E-state index contributed by atoms with van der Waals surface area (Å²) in [5.74, 6) is 0.160. The van der Waals surface area contributed by atoms with E-state index in [0.717, 1.165) is 30.7 Å². The van der Waals surface area contributed by atoms with Crippen LogP contribution in [-0.2, 0) is 11.2 Å². The molecule has 1 rings (SSSR count). The van der Waals surface area contributed by atoms with Crippen LogP contribution in [0, 0.1) is 0 Å². The lowest BCUT2D eigenvalue weighted by atomic mass is 10.1. The van der Waals surface area contributed by atoms with Crippen molar-refractivity contribution >= 4 is 17.5 Å². The van der Waals surface area contributed by atoms with E-state index < -0.39 is 0 Å². The predicted octanol–water partition coefficient (Wildman–Crippen LogP) is 3.58. The number of benzene rings is 1. The minimum absolute atomic E-state index is 0.160. The van der Waals surface area contributed by atoms with Gasteiger partial charge >= 0.3 is 0 Å². The third-order valence-electron chi connectivity index (χ3n) is 2.66. The summed E-state index contributed by atoms with van der Waals surface area (Å²) in [6.07, 6.45) is 4.77. The van der Waals surface area contributed by atoms with Gasteiger partial charge in [-0.05, 0) is 30.5 Å². The van der Waals surface area contributed by atoms with Crippen molar-refractivity contribution in [1.29, 1.82) is 0 Å². The van der Waals surface area contributed by atoms with E-state index in [1.54, 1.807) is 0 Å². The number of rotatable bonds is 7. The number of nitrogens with one attached hydrogen (secondary N) is 1. The molecule has 0 aliphatic rings. The van der Waals surface area contributed by atoms with Crippen LogP contribution in [-0.4, -0.2) is 12.5 Å². The molecule has 0 bridgehead atoms. The van der Waals surface area contributed by atoms with Crippen LogP contribution in [0.2, 0.25) is 5.02 Å². The van der Waals surface area contributed by atoms with Crippen LogP contribution in [0.5, 0.6) is 0 Å². The zero-order chi connectivity index (χ0) is 12.5. The molecule has 1 N–H and O–H groups in total. The summed E-state index contributed by atoms with van der Waals surface area (Å²) in [7, 11) is 0. The van der Waals surface area contributed by atoms with Gasteiger partial charge in [-0.1, -0.05) is 43.5 Å². The number of halogens is 1. The molecule has 0 aliphatic carbocycles. The van der Waals surface area contributed by atoms with Crippen molar-refractivity contribution in [3.05, 3.63) is 34.9 Å². The fourth-order valence-corrected chi connectivity index (χ4v) is 1.75. The van der Waals surface area contributed by atoms with Crippen molar-refractivity contribution in [2.24, 2.45) is 0 Å². The van der Waals surface area contributed by atoms with Gasteiger partial charge in [0.05, 0.1) is 0 Å². The van der Waals surface area contributed by atoms with E-state index in [0.29, 0.717) is 13.0 Å². The van der Waals surface area contributed by atoms with E-state index in [1.807, 2.05) is 24.3 Å². The largest absolute Gasteiger partial charge is 0.356 e. The first-order valence-electron chi connectivity index (χ1n) is 6.23. The van der Waals surface area contributed by atoms with Crippen molar-refractivity contribution in [1.82, 2.24) is 5.32 Å². The highest BCUT2D eigenvalue weighted by Crippen LogP contribution is 2.09. The number of carbonyl (C=O) groups is 1. The second-order valence-corrected chi connectivity index (χ2v) is 4.62. The normalized spacial score (nSPS) is 10.2. The molecule has 0 saturated carbocycles. The van der Waals surface area contributed by atoms with Crippen LogP contribution in [0.3, 0.4) is 0 Å². The van der Waals surface area contributed by atoms with Crippen molar-refractivity contribution in [2.75, 3.05) is 6.54 Å². The summed E-state index contributed by atoms with van der Waals surface area (Å²) in [4.78, 5) is 11.4. The molecule has 17 heavy (non-hydrogen) atoms. The Morgan fingerprint density at radius 2 is 1.94 bits per heavy atom. The monoisotopic (exact) mass is 253 g/mol. The number of hydrogen-bond acceptors (Lipinski definition) is 1. The molecule has 0 fully saturated rings. The Balaban J connectivity index is 2.14. The lowest BCUT2D eigenvalue weighted by molar-refractivity contribution is -0.121. The summed E-state index contributed by atoms with van der Waals surface area (Å²) < 4.78 is 0. The van der Waals surface area contributed by atoms with Crippen molar-refractivity contribution in [2.45, 2.75) is 39.0 Å². The maximum absolute atomic E-state index is 11.4. The minimum Gasteiger partial charge on any atom is -0.356 e. The molecule has 0 unspecified atom stereocenters. The quantitative estimate of drug-likeness (QED) is 0.740. The molecule has 0 radical (unpaired) electrons. The average Bonchev–Trinajstić information content (AvgIpc) is 2.32. The molecule has 2 nitrogen and oxygen atoms in total. The van der Waals surface area contributed by atoms with Gasteiger partial charge in [-0.15, -0.1) is 0 Å². The number of hydrogen-bond donors (Lipinski definition) is 1. The van der Waals surface area contributed by atoms with Gasteiger partial charge in [0.15, 0.2) is 0 Å². The second kappa shape index (κ2) is 8.13. The molecule has 0 spiro atoms. The van der Waals surface area contributed by atoms with E-state index in [1.165, 1.54) is 5.56 Å². The van der Waals surface area contributed by atoms with Crippen molar-refractivity contribution in [3.63, 3.8) is 0 Å². The number of unbranched alkanes of at least 4 members (excludes halogenated alkanes) is 2. The SMILES string of the molecule is CCCCCC(=O)NCCc1ccc(Cl)cc1. The lowest BCUT2D eigenvalue weighted by Crippen LogP contribution is -2.25. The highest BCUT2D eigenvalue weighted by Gasteiger charge is 2.00. The van der Waals surface area contributed by atoms with E-state index in [4.69, 9.17) is 11.6 Å². The zero-order valence-electron chi connectivity index (χ0n) is 10.3. The average molecular weight is 254 g/mol. The summed E-state index contributed by atoms with van der Waals surface area (Å²) in [5.41, 5.74) is 1.20. The van der Waals surface area contributed by atoms with Crippen molar-refractivity contribution < 1.29 is 4.79 Å². The Morgan fingerprint density at radius 1 is 1.24 bits per heavy atom. The summed E-state index contributed by atoms with van der Waals surface area (Å²) in [6, 6.07) is 7.73. The molecule has 1 aromatic rings. The molecule has 0 aliphatic heterocycles. The molecular weight excluding hydrogens is 234 g/mol. The fourth-order valence-electron chi connectivity index (χ4n) is 1.62. The number of amides is 1. The van der Waals surface area contributed by atoms with Gasteiger partial charge in [-0.3, -0.25) is 4.79 Å². The molecule has 0 heterocycles. The summed E-state index contributed by atoms with van der Waals surface area (Å²) in [5, 5.41) is 3.68. The van der Waals surface area contributed by atoms with Crippen LogP contribution in [0.4, 0.5) is 0 Å². The Labute approximate surface area is 108 Å². The van der Waals surface area contributed by atoms with Crippen LogP contribution >= 0.6 is 11.6 Å². The molecule has 0 aromatic heterocycles. The fraction of sp³-hybridized carbons (Fsp3) is 0.500. The third kappa shape index (κ3) is 6.32. The van der Waals surface area contributed by atoms with Crippen LogP contribution < -0.4 is 5.32 Å². The summed E-state index contributed by atoms with van der Waals surface area (Å²) >= 11 is 5.80. The Kier molecular flexibility index (Phi) is 6.71. The minimum atomic E-state index is 0.160. The van der Waals surface area contributed by atoms with Crippen LogP contribution in [0.15, 0.2) is 24.3 Å². The maximum Gasteiger partial charge on any atom is 0.220 e. The highest BCUT2D eigenvalue weighted by atomic mass is 35.5. The van der Waals surface area contributed by atoms with Crippen LogP contribution in [0.1, 0.15) is 38.2 Å². The predicted molar refractivity (Wildman–Crippen MR) is 72.3 cm³/mol. The first-order valence-corrected chi connectivity index (χ1v) is 6.61. The van der Waals surface area contributed by atoms with Crippen molar-refractivity contribution in [3.8, 4) is 0 Å². The van der Waals surface area contributed by atoms with Gasteiger partial charge in [-0.2, -0.15) is 0 Å². The first-order chi connectivity index (χ1) is 8.22. The smallest absolute Gasteiger partial charge is 0.220 e. The zero-order valence-corrected chi connectivity index (χ0v) is 11.1. The Bertz CT molecular complexity index is 335. The first kappa shape index (κ1) is 14.0. The van der Waals surface area contributed by atoms with Crippen LogP contribution in [0.25, 0.3) is 0 Å².